The summed E-state index contributed by atoms with van der Waals surface area (Å²) < 4.78 is 0. The number of benzene rings is 2. The molecule has 4 nitrogen and oxygen atoms in total. The van der Waals surface area contributed by atoms with Crippen molar-refractivity contribution in [3.05, 3.63) is 66.2 Å². The van der Waals surface area contributed by atoms with Crippen LogP contribution in [0.4, 0.5) is 5.69 Å². The number of likely N-dealkylation sites (N-methyl/N-ethyl adjacent to an activating group) is 1. The molecule has 0 spiro atoms. The Balaban J connectivity index is 1.40. The summed E-state index contributed by atoms with van der Waals surface area (Å²) in [5, 5.41) is 0. The Morgan fingerprint density at radius 3 is 2.41 bits per heavy atom. The lowest BCUT2D eigenvalue weighted by Gasteiger charge is -2.36. The second-order valence-electron chi connectivity index (χ2n) is 8.00. The Bertz CT molecular complexity index is 749. The SMILES string of the molecule is CN(CC(=O)N1C[C@@H]2CC[C@H](C1)N(Cc1ccccc1)C2)c1ccccc1. The van der Waals surface area contributed by atoms with Crippen LogP contribution in [0, 0.1) is 5.92 Å². The number of fused-ring (bicyclic) bond motifs is 4. The van der Waals surface area contributed by atoms with Gasteiger partial charge in [-0.2, -0.15) is 0 Å². The molecule has 1 amide bonds. The highest BCUT2D eigenvalue weighted by molar-refractivity contribution is 5.81. The maximum absolute atomic E-state index is 13.0. The van der Waals surface area contributed by atoms with Crippen LogP contribution in [0.2, 0.25) is 0 Å². The average Bonchev–Trinajstić information content (AvgIpc) is 3.01. The summed E-state index contributed by atoms with van der Waals surface area (Å²) in [7, 11) is 2.00. The molecule has 4 heteroatoms. The fourth-order valence-corrected chi connectivity index (χ4v) is 4.47. The van der Waals surface area contributed by atoms with Gasteiger partial charge in [-0.05, 0) is 36.5 Å². The third kappa shape index (κ3) is 4.33. The van der Waals surface area contributed by atoms with Gasteiger partial charge in [0.2, 0.25) is 5.91 Å². The van der Waals surface area contributed by atoms with E-state index in [1.807, 2.05) is 25.2 Å². The zero-order valence-corrected chi connectivity index (χ0v) is 16.1. The minimum Gasteiger partial charge on any atom is -0.365 e. The van der Waals surface area contributed by atoms with Crippen LogP contribution < -0.4 is 4.90 Å². The first-order chi connectivity index (χ1) is 13.2. The maximum atomic E-state index is 13.0. The number of piperidine rings is 1. The Hall–Kier alpha value is -2.33. The quantitative estimate of drug-likeness (QED) is 0.816. The van der Waals surface area contributed by atoms with Crippen molar-refractivity contribution in [2.45, 2.75) is 25.4 Å². The number of hydrogen-bond donors (Lipinski definition) is 0. The van der Waals surface area contributed by atoms with E-state index in [2.05, 4.69) is 57.2 Å². The largest absolute Gasteiger partial charge is 0.365 e. The molecule has 0 unspecified atom stereocenters. The lowest BCUT2D eigenvalue weighted by molar-refractivity contribution is -0.130. The Labute approximate surface area is 162 Å². The summed E-state index contributed by atoms with van der Waals surface area (Å²) in [6.07, 6.45) is 2.45. The molecule has 142 valence electrons. The summed E-state index contributed by atoms with van der Waals surface area (Å²) >= 11 is 0. The summed E-state index contributed by atoms with van der Waals surface area (Å²) in [5.41, 5.74) is 2.46. The number of carbonyl (C=O) groups excluding carboxylic acids is 1. The molecule has 2 bridgehead atoms. The third-order valence-electron chi connectivity index (χ3n) is 5.98. The van der Waals surface area contributed by atoms with Crippen LogP contribution in [-0.4, -0.2) is 55.0 Å². The first-order valence-corrected chi connectivity index (χ1v) is 10.0. The van der Waals surface area contributed by atoms with Crippen LogP contribution in [0.25, 0.3) is 0 Å². The molecule has 3 heterocycles. The van der Waals surface area contributed by atoms with E-state index in [1.54, 1.807) is 0 Å². The number of carbonyl (C=O) groups is 1. The van der Waals surface area contributed by atoms with Crippen LogP contribution in [0.3, 0.4) is 0 Å². The summed E-state index contributed by atoms with van der Waals surface area (Å²) in [5.74, 6) is 0.846. The third-order valence-corrected chi connectivity index (χ3v) is 5.98. The van der Waals surface area contributed by atoms with E-state index in [0.29, 0.717) is 18.5 Å². The number of nitrogens with zero attached hydrogens (tertiary/aromatic N) is 3. The topological polar surface area (TPSA) is 26.8 Å². The molecule has 3 aliphatic heterocycles. The number of hydrogen-bond acceptors (Lipinski definition) is 3. The van der Waals surface area contributed by atoms with Gasteiger partial charge in [0, 0.05) is 45.0 Å². The molecule has 0 radical (unpaired) electrons. The first kappa shape index (κ1) is 18.1. The first-order valence-electron chi connectivity index (χ1n) is 10.0. The van der Waals surface area contributed by atoms with Crippen molar-refractivity contribution in [1.29, 1.82) is 0 Å². The zero-order chi connectivity index (χ0) is 18.6. The molecule has 0 aromatic heterocycles. The summed E-state index contributed by atoms with van der Waals surface area (Å²) in [6.45, 7) is 4.32. The van der Waals surface area contributed by atoms with Gasteiger partial charge in [-0.3, -0.25) is 9.69 Å². The van der Waals surface area contributed by atoms with Crippen LogP contribution in [0.1, 0.15) is 18.4 Å². The van der Waals surface area contributed by atoms with Crippen molar-refractivity contribution in [1.82, 2.24) is 9.80 Å². The van der Waals surface area contributed by atoms with Gasteiger partial charge in [0.05, 0.1) is 6.54 Å². The smallest absolute Gasteiger partial charge is 0.242 e. The van der Waals surface area contributed by atoms with E-state index < -0.39 is 0 Å². The van der Waals surface area contributed by atoms with Gasteiger partial charge < -0.3 is 9.80 Å². The molecule has 0 saturated carbocycles. The lowest BCUT2D eigenvalue weighted by atomic mass is 9.94. The molecule has 0 N–H and O–H groups in total. The van der Waals surface area contributed by atoms with Crippen LogP contribution in [0.15, 0.2) is 60.7 Å². The number of rotatable bonds is 5. The molecular formula is C23H29N3O. The Kier molecular flexibility index (Phi) is 5.44. The normalized spacial score (nSPS) is 22.5. The van der Waals surface area contributed by atoms with Crippen LogP contribution in [0.5, 0.6) is 0 Å². The molecule has 0 aliphatic carbocycles. The van der Waals surface area contributed by atoms with E-state index >= 15 is 0 Å². The van der Waals surface area contributed by atoms with Gasteiger partial charge in [0.1, 0.15) is 0 Å². The molecule has 3 aliphatic rings. The second kappa shape index (κ2) is 8.13. The van der Waals surface area contributed by atoms with Crippen molar-refractivity contribution >= 4 is 11.6 Å². The predicted molar refractivity (Wildman–Crippen MR) is 110 cm³/mol. The van der Waals surface area contributed by atoms with E-state index in [0.717, 1.165) is 31.9 Å². The Morgan fingerprint density at radius 2 is 1.67 bits per heavy atom. The highest BCUT2D eigenvalue weighted by atomic mass is 16.2. The van der Waals surface area contributed by atoms with Gasteiger partial charge in [0.25, 0.3) is 0 Å². The van der Waals surface area contributed by atoms with E-state index in [9.17, 15) is 4.79 Å². The number of amides is 1. The molecular weight excluding hydrogens is 334 g/mol. The van der Waals surface area contributed by atoms with E-state index in [-0.39, 0.29) is 5.91 Å². The van der Waals surface area contributed by atoms with Crippen molar-refractivity contribution in [2.75, 3.05) is 38.1 Å². The van der Waals surface area contributed by atoms with Crippen LogP contribution >= 0.6 is 0 Å². The summed E-state index contributed by atoms with van der Waals surface area (Å²) in [4.78, 5) is 19.7. The minimum atomic E-state index is 0.250. The molecule has 27 heavy (non-hydrogen) atoms. The van der Waals surface area contributed by atoms with Gasteiger partial charge >= 0.3 is 0 Å². The molecule has 2 aromatic rings. The number of anilines is 1. The highest BCUT2D eigenvalue weighted by Gasteiger charge is 2.36. The predicted octanol–water partition coefficient (Wildman–Crippen LogP) is 3.25. The molecule has 5 rings (SSSR count). The number of para-hydroxylation sites is 1. The van der Waals surface area contributed by atoms with Crippen molar-refractivity contribution in [3.8, 4) is 0 Å². The van der Waals surface area contributed by atoms with Gasteiger partial charge in [-0.15, -0.1) is 0 Å². The molecule has 3 fully saturated rings. The van der Waals surface area contributed by atoms with Crippen molar-refractivity contribution in [3.63, 3.8) is 0 Å². The maximum Gasteiger partial charge on any atom is 0.242 e. The van der Waals surface area contributed by atoms with Crippen molar-refractivity contribution < 1.29 is 4.79 Å². The van der Waals surface area contributed by atoms with E-state index in [4.69, 9.17) is 0 Å². The van der Waals surface area contributed by atoms with Gasteiger partial charge in [0.15, 0.2) is 0 Å². The summed E-state index contributed by atoms with van der Waals surface area (Å²) in [6, 6.07) is 21.3. The standard InChI is InChI=1S/C23H29N3O/c1-24(21-10-6-3-7-11-21)18-23(27)26-16-20-12-13-22(17-26)25(15-20)14-19-8-4-2-5-9-19/h2-11,20,22H,12-18H2,1H3/t20-,22-/m1/s1. The van der Waals surface area contributed by atoms with E-state index in [1.165, 1.54) is 18.4 Å². The second-order valence-corrected chi connectivity index (χ2v) is 8.00. The highest BCUT2D eigenvalue weighted by Crippen LogP contribution is 2.29. The monoisotopic (exact) mass is 363 g/mol. The van der Waals surface area contributed by atoms with Gasteiger partial charge in [-0.25, -0.2) is 0 Å². The van der Waals surface area contributed by atoms with Crippen molar-refractivity contribution in [2.24, 2.45) is 5.92 Å². The fourth-order valence-electron chi connectivity index (χ4n) is 4.47. The van der Waals surface area contributed by atoms with Gasteiger partial charge in [-0.1, -0.05) is 48.5 Å². The molecule has 3 saturated heterocycles. The molecule has 2 atom stereocenters. The Morgan fingerprint density at radius 1 is 0.963 bits per heavy atom. The minimum absolute atomic E-state index is 0.250. The fraction of sp³-hybridized carbons (Fsp3) is 0.435. The average molecular weight is 364 g/mol. The van der Waals surface area contributed by atoms with Crippen LogP contribution in [-0.2, 0) is 11.3 Å². The molecule has 2 aromatic carbocycles. The zero-order valence-electron chi connectivity index (χ0n) is 16.1. The lowest BCUT2D eigenvalue weighted by Crippen LogP contribution is -2.45.